The van der Waals surface area contributed by atoms with Crippen molar-refractivity contribution in [3.05, 3.63) is 11.5 Å². The Labute approximate surface area is 128 Å². The van der Waals surface area contributed by atoms with Gasteiger partial charge in [0, 0.05) is 0 Å². The fourth-order valence-electron chi connectivity index (χ4n) is 3.98. The van der Waals surface area contributed by atoms with Crippen molar-refractivity contribution in [2.75, 3.05) is 13.2 Å². The standard InChI is InChI=1S/C16H14N4O2/c17-7-15(8-18)11-3-1-5-21-13(11)14-12(4-2-6-22-14)16(15,9-19)10-20/h11-12H,1-6H2. The maximum atomic E-state index is 9.77. The molecule has 0 N–H and O–H groups in total. The molecule has 0 radical (unpaired) electrons. The monoisotopic (exact) mass is 294 g/mol. The van der Waals surface area contributed by atoms with Crippen LogP contribution in [-0.4, -0.2) is 13.2 Å². The largest absolute Gasteiger partial charge is 0.494 e. The number of nitrogens with zero attached hydrogens (tertiary/aromatic N) is 4. The van der Waals surface area contributed by atoms with Crippen molar-refractivity contribution >= 4 is 0 Å². The lowest BCUT2D eigenvalue weighted by atomic mass is 9.49. The van der Waals surface area contributed by atoms with Crippen molar-refractivity contribution < 1.29 is 9.47 Å². The zero-order valence-corrected chi connectivity index (χ0v) is 12.0. The van der Waals surface area contributed by atoms with Crippen LogP contribution in [-0.2, 0) is 9.47 Å². The Morgan fingerprint density at radius 3 is 1.41 bits per heavy atom. The quantitative estimate of drug-likeness (QED) is 0.676. The van der Waals surface area contributed by atoms with Gasteiger partial charge in [-0.1, -0.05) is 0 Å². The van der Waals surface area contributed by atoms with Crippen LogP contribution < -0.4 is 0 Å². The molecule has 0 aromatic heterocycles. The maximum Gasteiger partial charge on any atom is 0.186 e. The van der Waals surface area contributed by atoms with E-state index in [0.29, 0.717) is 50.4 Å². The number of nitriles is 4. The van der Waals surface area contributed by atoms with Crippen LogP contribution in [0.5, 0.6) is 0 Å². The molecule has 6 nitrogen and oxygen atoms in total. The van der Waals surface area contributed by atoms with E-state index in [1.165, 1.54) is 0 Å². The average Bonchev–Trinajstić information content (AvgIpc) is 2.60. The summed E-state index contributed by atoms with van der Waals surface area (Å²) in [6, 6.07) is 8.07. The Kier molecular flexibility index (Phi) is 3.20. The third kappa shape index (κ3) is 1.45. The highest BCUT2D eigenvalue weighted by Crippen LogP contribution is 2.61. The second-order valence-electron chi connectivity index (χ2n) is 5.88. The molecule has 22 heavy (non-hydrogen) atoms. The minimum absolute atomic E-state index is 0.504. The molecule has 3 aliphatic rings. The molecule has 6 heteroatoms. The Balaban J connectivity index is 2.33. The summed E-state index contributed by atoms with van der Waals surface area (Å²) in [5.74, 6) is -0.139. The number of ether oxygens (including phenoxy) is 2. The predicted octanol–water partition coefficient (Wildman–Crippen LogP) is 2.13. The van der Waals surface area contributed by atoms with Crippen molar-refractivity contribution in [1.82, 2.24) is 0 Å². The van der Waals surface area contributed by atoms with Crippen molar-refractivity contribution in [2.45, 2.75) is 25.7 Å². The van der Waals surface area contributed by atoms with Crippen LogP contribution in [0, 0.1) is 68.0 Å². The lowest BCUT2D eigenvalue weighted by Gasteiger charge is -2.50. The summed E-state index contributed by atoms with van der Waals surface area (Å²) < 4.78 is 11.5. The number of fused-ring (bicyclic) bond motifs is 2. The van der Waals surface area contributed by atoms with Gasteiger partial charge in [-0.2, -0.15) is 21.0 Å². The lowest BCUT2D eigenvalue weighted by Crippen LogP contribution is -2.55. The Bertz CT molecular complexity index is 610. The normalized spacial score (nSPS) is 30.7. The van der Waals surface area contributed by atoms with Crippen LogP contribution in [0.4, 0.5) is 0 Å². The third-order valence-corrected chi connectivity index (χ3v) is 5.04. The molecule has 2 fully saturated rings. The van der Waals surface area contributed by atoms with Gasteiger partial charge >= 0.3 is 0 Å². The minimum Gasteiger partial charge on any atom is -0.494 e. The van der Waals surface area contributed by atoms with Gasteiger partial charge in [0.15, 0.2) is 10.8 Å². The molecule has 2 heterocycles. The molecule has 2 saturated heterocycles. The molecule has 2 unspecified atom stereocenters. The van der Waals surface area contributed by atoms with E-state index in [1.54, 1.807) is 0 Å². The summed E-state index contributed by atoms with van der Waals surface area (Å²) in [5, 5.41) is 39.1. The summed E-state index contributed by atoms with van der Waals surface area (Å²) >= 11 is 0. The van der Waals surface area contributed by atoms with E-state index in [-0.39, 0.29) is 0 Å². The third-order valence-electron chi connectivity index (χ3n) is 5.04. The second-order valence-corrected chi connectivity index (χ2v) is 5.88. The fourth-order valence-corrected chi connectivity index (χ4v) is 3.98. The smallest absolute Gasteiger partial charge is 0.186 e. The number of hydrogen-bond acceptors (Lipinski definition) is 6. The van der Waals surface area contributed by atoms with Gasteiger partial charge in [-0.05, 0) is 25.7 Å². The van der Waals surface area contributed by atoms with Crippen LogP contribution in [0.3, 0.4) is 0 Å². The van der Waals surface area contributed by atoms with Gasteiger partial charge in [-0.25, -0.2) is 0 Å². The highest BCUT2D eigenvalue weighted by Gasteiger charge is 2.69. The summed E-state index contributed by atoms with van der Waals surface area (Å²) in [6.07, 6.45) is 2.45. The molecular weight excluding hydrogens is 280 g/mol. The van der Waals surface area contributed by atoms with Gasteiger partial charge in [-0.15, -0.1) is 0 Å². The number of allylic oxidation sites excluding steroid dienone is 2. The first-order chi connectivity index (χ1) is 10.7. The van der Waals surface area contributed by atoms with Crippen molar-refractivity contribution in [1.29, 1.82) is 21.0 Å². The second kappa shape index (κ2) is 4.94. The van der Waals surface area contributed by atoms with Crippen molar-refractivity contribution in [3.63, 3.8) is 0 Å². The van der Waals surface area contributed by atoms with Gasteiger partial charge in [0.1, 0.15) is 11.5 Å². The molecule has 2 aliphatic heterocycles. The summed E-state index contributed by atoms with van der Waals surface area (Å²) in [7, 11) is 0. The van der Waals surface area contributed by atoms with E-state index in [2.05, 4.69) is 0 Å². The van der Waals surface area contributed by atoms with E-state index in [4.69, 9.17) is 9.47 Å². The lowest BCUT2D eigenvalue weighted by molar-refractivity contribution is -0.0317. The minimum atomic E-state index is -1.72. The van der Waals surface area contributed by atoms with Crippen LogP contribution in [0.25, 0.3) is 0 Å². The molecule has 110 valence electrons. The molecule has 0 amide bonds. The van der Waals surface area contributed by atoms with Crippen LogP contribution in [0.1, 0.15) is 25.7 Å². The zero-order valence-electron chi connectivity index (χ0n) is 12.0. The van der Waals surface area contributed by atoms with E-state index in [1.807, 2.05) is 24.3 Å². The van der Waals surface area contributed by atoms with Gasteiger partial charge < -0.3 is 9.47 Å². The highest BCUT2D eigenvalue weighted by atomic mass is 16.5. The van der Waals surface area contributed by atoms with E-state index < -0.39 is 22.7 Å². The first kappa shape index (κ1) is 14.2. The van der Waals surface area contributed by atoms with Gasteiger partial charge in [0.05, 0.1) is 49.3 Å². The van der Waals surface area contributed by atoms with Gasteiger partial charge in [-0.3, -0.25) is 0 Å². The molecule has 3 rings (SSSR count). The summed E-state index contributed by atoms with van der Waals surface area (Å²) in [4.78, 5) is 0. The van der Waals surface area contributed by atoms with Crippen LogP contribution in [0.2, 0.25) is 0 Å². The molecule has 0 saturated carbocycles. The average molecular weight is 294 g/mol. The van der Waals surface area contributed by atoms with Crippen LogP contribution in [0.15, 0.2) is 11.5 Å². The molecule has 0 aromatic rings. The Morgan fingerprint density at radius 2 is 1.09 bits per heavy atom. The number of hydrogen-bond donors (Lipinski definition) is 0. The van der Waals surface area contributed by atoms with Crippen molar-refractivity contribution in [2.24, 2.45) is 22.7 Å². The first-order valence-electron chi connectivity index (χ1n) is 7.35. The summed E-state index contributed by atoms with van der Waals surface area (Å²) in [6.45, 7) is 1.01. The molecular formula is C16H14N4O2. The van der Waals surface area contributed by atoms with E-state index in [9.17, 15) is 21.0 Å². The molecule has 0 aromatic carbocycles. The summed E-state index contributed by atoms with van der Waals surface area (Å²) in [5.41, 5.74) is -3.44. The van der Waals surface area contributed by atoms with Crippen LogP contribution >= 0.6 is 0 Å². The molecule has 1 aliphatic carbocycles. The highest BCUT2D eigenvalue weighted by molar-refractivity contribution is 5.45. The fraction of sp³-hybridized carbons (Fsp3) is 0.625. The topological polar surface area (TPSA) is 114 Å². The Hall–Kier alpha value is -2.70. The SMILES string of the molecule is N#CC1(C#N)C2CCCOC2=C2OCCCC2C1(C#N)C#N. The molecule has 2 atom stereocenters. The number of rotatable bonds is 0. The zero-order chi connectivity index (χ0) is 15.8. The van der Waals surface area contributed by atoms with E-state index in [0.717, 1.165) is 0 Å². The Morgan fingerprint density at radius 1 is 0.727 bits per heavy atom. The predicted molar refractivity (Wildman–Crippen MR) is 71.7 cm³/mol. The molecule has 0 spiro atoms. The molecule has 0 bridgehead atoms. The first-order valence-corrected chi connectivity index (χ1v) is 7.35. The van der Waals surface area contributed by atoms with Gasteiger partial charge in [0.2, 0.25) is 0 Å². The van der Waals surface area contributed by atoms with Crippen molar-refractivity contribution in [3.8, 4) is 24.3 Å². The maximum absolute atomic E-state index is 9.77. The van der Waals surface area contributed by atoms with E-state index >= 15 is 0 Å². The van der Waals surface area contributed by atoms with Gasteiger partial charge in [0.25, 0.3) is 0 Å².